The van der Waals surface area contributed by atoms with Gasteiger partial charge in [-0.2, -0.15) is 5.26 Å². The van der Waals surface area contributed by atoms with Crippen LogP contribution in [0.3, 0.4) is 0 Å². The van der Waals surface area contributed by atoms with E-state index in [0.29, 0.717) is 17.7 Å². The van der Waals surface area contributed by atoms with Gasteiger partial charge in [-0.25, -0.2) is 0 Å². The number of carbonyl (C=O) groups is 1. The number of amides is 1. The molecule has 0 heterocycles. The lowest BCUT2D eigenvalue weighted by molar-refractivity contribution is -0.119. The molecule has 1 aromatic rings. The first-order valence-corrected chi connectivity index (χ1v) is 6.60. The van der Waals surface area contributed by atoms with E-state index in [0.717, 1.165) is 25.7 Å². The summed E-state index contributed by atoms with van der Waals surface area (Å²) in [6.07, 6.45) is 4.37. The second kappa shape index (κ2) is 5.41. The molecule has 1 amide bonds. The van der Waals surface area contributed by atoms with Gasteiger partial charge in [-0.3, -0.25) is 4.79 Å². The van der Waals surface area contributed by atoms with Crippen LogP contribution in [0.2, 0.25) is 0 Å². The highest BCUT2D eigenvalue weighted by molar-refractivity contribution is 5.94. The topological polar surface area (TPSA) is 70.1 Å². The predicted molar refractivity (Wildman–Crippen MR) is 74.6 cm³/mol. The van der Waals surface area contributed by atoms with E-state index in [-0.39, 0.29) is 11.4 Å². The first-order valence-electron chi connectivity index (χ1n) is 6.60. The van der Waals surface area contributed by atoms with Crippen molar-refractivity contribution >= 4 is 11.6 Å². The van der Waals surface area contributed by atoms with E-state index < -0.39 is 0 Å². The normalized spacial score (nSPS) is 16.9. The molecule has 1 aliphatic rings. The molecule has 1 aromatic carbocycles. The average molecular weight is 257 g/mol. The Bertz CT molecular complexity index is 512. The van der Waals surface area contributed by atoms with Crippen LogP contribution in [-0.4, -0.2) is 18.5 Å². The quantitative estimate of drug-likeness (QED) is 0.902. The Labute approximate surface area is 113 Å². The fourth-order valence-electron chi connectivity index (χ4n) is 2.67. The number of nitrogens with zero attached hydrogens (tertiary/aromatic N) is 2. The van der Waals surface area contributed by atoms with Gasteiger partial charge in [0, 0.05) is 19.0 Å². The molecule has 0 unspecified atom stereocenters. The van der Waals surface area contributed by atoms with E-state index in [1.165, 1.54) is 0 Å². The number of nitriles is 1. The maximum atomic E-state index is 12.3. The fourth-order valence-corrected chi connectivity index (χ4v) is 2.67. The Morgan fingerprint density at radius 2 is 2.05 bits per heavy atom. The van der Waals surface area contributed by atoms with E-state index in [1.807, 2.05) is 6.07 Å². The van der Waals surface area contributed by atoms with Gasteiger partial charge in [0.25, 0.3) is 0 Å². The molecule has 2 rings (SSSR count). The summed E-state index contributed by atoms with van der Waals surface area (Å²) in [7, 11) is 1.71. The molecule has 0 aromatic heterocycles. The molecule has 100 valence electrons. The summed E-state index contributed by atoms with van der Waals surface area (Å²) in [4.78, 5) is 13.9. The Morgan fingerprint density at radius 3 is 2.68 bits per heavy atom. The number of benzene rings is 1. The molecule has 4 heteroatoms. The third-order valence-corrected chi connectivity index (χ3v) is 3.86. The molecule has 2 N–H and O–H groups in total. The van der Waals surface area contributed by atoms with E-state index in [1.54, 1.807) is 30.1 Å². The third kappa shape index (κ3) is 2.94. The van der Waals surface area contributed by atoms with Crippen LogP contribution in [0, 0.1) is 11.3 Å². The lowest BCUT2D eigenvalue weighted by Crippen LogP contribution is -2.42. The van der Waals surface area contributed by atoms with Crippen molar-refractivity contribution in [3.8, 4) is 6.07 Å². The van der Waals surface area contributed by atoms with Gasteiger partial charge in [0.15, 0.2) is 0 Å². The minimum absolute atomic E-state index is 0.0212. The highest BCUT2D eigenvalue weighted by Gasteiger charge is 2.33. The smallest absolute Gasteiger partial charge is 0.228 e. The van der Waals surface area contributed by atoms with Crippen molar-refractivity contribution < 1.29 is 4.79 Å². The van der Waals surface area contributed by atoms with Gasteiger partial charge >= 0.3 is 0 Å². The van der Waals surface area contributed by atoms with Gasteiger partial charge < -0.3 is 10.6 Å². The van der Waals surface area contributed by atoms with Crippen LogP contribution in [0.1, 0.15) is 37.7 Å². The largest absolute Gasteiger partial charge is 0.325 e. The zero-order valence-electron chi connectivity index (χ0n) is 11.2. The number of carbonyl (C=O) groups excluding carboxylic acids is 1. The average Bonchev–Trinajstić information content (AvgIpc) is 2.84. The zero-order valence-corrected chi connectivity index (χ0v) is 11.2. The molecule has 0 atom stereocenters. The number of rotatable bonds is 3. The first-order chi connectivity index (χ1) is 9.06. The van der Waals surface area contributed by atoms with Gasteiger partial charge in [-0.15, -0.1) is 0 Å². The molecule has 1 aliphatic carbocycles. The third-order valence-electron chi connectivity index (χ3n) is 3.86. The van der Waals surface area contributed by atoms with Crippen LogP contribution >= 0.6 is 0 Å². The van der Waals surface area contributed by atoms with Gasteiger partial charge in [0.05, 0.1) is 11.3 Å². The standard InChI is InChI=1S/C15H19N3O/c1-18(13-7-3-2-6-12(13)11-16)14(19)10-15(17)8-4-5-9-15/h2-3,6-7H,4-5,8-10,17H2,1H3. The minimum atomic E-state index is -0.354. The van der Waals surface area contributed by atoms with Crippen LogP contribution in [0.25, 0.3) is 0 Å². The highest BCUT2D eigenvalue weighted by atomic mass is 16.2. The summed E-state index contributed by atoms with van der Waals surface area (Å²) in [5.74, 6) is -0.0212. The molecule has 1 fully saturated rings. The zero-order chi connectivity index (χ0) is 13.9. The number of nitrogens with two attached hydrogens (primary N) is 1. The molecule has 0 spiro atoms. The van der Waals surface area contributed by atoms with Crippen LogP contribution in [0.5, 0.6) is 0 Å². The van der Waals surface area contributed by atoms with E-state index in [2.05, 4.69) is 6.07 Å². The van der Waals surface area contributed by atoms with Gasteiger partial charge in [0.2, 0.25) is 5.91 Å². The molecule has 0 aliphatic heterocycles. The summed E-state index contributed by atoms with van der Waals surface area (Å²) < 4.78 is 0. The maximum absolute atomic E-state index is 12.3. The molecule has 0 radical (unpaired) electrons. The van der Waals surface area contributed by atoms with Crippen LogP contribution in [0.15, 0.2) is 24.3 Å². The SMILES string of the molecule is CN(C(=O)CC1(N)CCCC1)c1ccccc1C#N. The van der Waals surface area contributed by atoms with Crippen LogP contribution in [-0.2, 0) is 4.79 Å². The Balaban J connectivity index is 2.13. The van der Waals surface area contributed by atoms with Gasteiger partial charge in [-0.05, 0) is 25.0 Å². The Hall–Kier alpha value is -1.86. The first kappa shape index (κ1) is 13.6. The van der Waals surface area contributed by atoms with E-state index >= 15 is 0 Å². The molecular weight excluding hydrogens is 238 g/mol. The van der Waals surface area contributed by atoms with E-state index in [4.69, 9.17) is 11.0 Å². The van der Waals surface area contributed by atoms with Gasteiger partial charge in [-0.1, -0.05) is 25.0 Å². The van der Waals surface area contributed by atoms with Crippen molar-refractivity contribution in [1.29, 1.82) is 5.26 Å². The summed E-state index contributed by atoms with van der Waals surface area (Å²) in [5.41, 5.74) is 7.04. The minimum Gasteiger partial charge on any atom is -0.325 e. The van der Waals surface area contributed by atoms with E-state index in [9.17, 15) is 4.79 Å². The van der Waals surface area contributed by atoms with Crippen LogP contribution in [0.4, 0.5) is 5.69 Å². The lowest BCUT2D eigenvalue weighted by atomic mass is 9.94. The summed E-state index contributed by atoms with van der Waals surface area (Å²) in [6, 6.07) is 9.23. The molecular formula is C15H19N3O. The van der Waals surface area contributed by atoms with Crippen molar-refractivity contribution in [3.63, 3.8) is 0 Å². The number of hydrogen-bond acceptors (Lipinski definition) is 3. The Morgan fingerprint density at radius 1 is 1.42 bits per heavy atom. The molecule has 1 saturated carbocycles. The summed E-state index contributed by atoms with van der Waals surface area (Å²) >= 11 is 0. The molecule has 19 heavy (non-hydrogen) atoms. The maximum Gasteiger partial charge on any atom is 0.228 e. The predicted octanol–water partition coefficient (Wildman–Crippen LogP) is 2.18. The second-order valence-electron chi connectivity index (χ2n) is 5.33. The second-order valence-corrected chi connectivity index (χ2v) is 5.33. The van der Waals surface area contributed by atoms with Crippen molar-refractivity contribution in [2.45, 2.75) is 37.6 Å². The van der Waals surface area contributed by atoms with Gasteiger partial charge in [0.1, 0.15) is 6.07 Å². The molecule has 4 nitrogen and oxygen atoms in total. The van der Waals surface area contributed by atoms with Crippen molar-refractivity contribution in [3.05, 3.63) is 29.8 Å². The fraction of sp³-hybridized carbons (Fsp3) is 0.467. The molecule has 0 saturated heterocycles. The monoisotopic (exact) mass is 257 g/mol. The summed E-state index contributed by atoms with van der Waals surface area (Å²) in [6.45, 7) is 0. The Kier molecular flexibility index (Phi) is 3.87. The van der Waals surface area contributed by atoms with Crippen molar-refractivity contribution in [2.75, 3.05) is 11.9 Å². The highest BCUT2D eigenvalue weighted by Crippen LogP contribution is 2.31. The number of para-hydroxylation sites is 1. The summed E-state index contributed by atoms with van der Waals surface area (Å²) in [5, 5.41) is 9.07. The lowest BCUT2D eigenvalue weighted by Gasteiger charge is -2.26. The van der Waals surface area contributed by atoms with Crippen LogP contribution < -0.4 is 10.6 Å². The number of hydrogen-bond donors (Lipinski definition) is 1. The molecule has 0 bridgehead atoms. The van der Waals surface area contributed by atoms with Crippen molar-refractivity contribution in [1.82, 2.24) is 0 Å². The number of anilines is 1. The van der Waals surface area contributed by atoms with Crippen molar-refractivity contribution in [2.24, 2.45) is 5.73 Å².